The minimum atomic E-state index is -1.51. The van der Waals surface area contributed by atoms with Crippen molar-refractivity contribution in [3.8, 4) is 11.3 Å². The normalized spacial score (nSPS) is 20.5. The summed E-state index contributed by atoms with van der Waals surface area (Å²) in [5.41, 5.74) is 5.84. The van der Waals surface area contributed by atoms with Crippen molar-refractivity contribution in [2.45, 2.75) is 26.1 Å². The average Bonchev–Trinajstić information content (AvgIpc) is 3.14. The Kier molecular flexibility index (Phi) is 7.55. The number of fused-ring (bicyclic) bond motifs is 3. The minimum absolute atomic E-state index is 0.0199. The van der Waals surface area contributed by atoms with Crippen LogP contribution < -0.4 is 5.32 Å². The number of quaternary nitrogens is 1. The molecule has 1 aromatic heterocycles. The second kappa shape index (κ2) is 11.4. The number of hydrogen-bond acceptors (Lipinski definition) is 5. The summed E-state index contributed by atoms with van der Waals surface area (Å²) in [6.45, 7) is 5.40. The van der Waals surface area contributed by atoms with Gasteiger partial charge < -0.3 is 9.80 Å². The quantitative estimate of drug-likeness (QED) is 0.477. The molecule has 1 fully saturated rings. The van der Waals surface area contributed by atoms with Crippen molar-refractivity contribution in [1.29, 1.82) is 0 Å². The molecule has 9 heteroatoms. The van der Waals surface area contributed by atoms with Crippen LogP contribution >= 0.6 is 0 Å². The van der Waals surface area contributed by atoms with Crippen LogP contribution in [0.25, 0.3) is 11.3 Å². The summed E-state index contributed by atoms with van der Waals surface area (Å²) < 4.78 is 30.0. The zero-order valence-corrected chi connectivity index (χ0v) is 23.2. The lowest BCUT2D eigenvalue weighted by Crippen LogP contribution is -2.72. The van der Waals surface area contributed by atoms with Gasteiger partial charge in [0.1, 0.15) is 17.7 Å². The maximum absolute atomic E-state index is 15.0. The molecule has 210 valence electrons. The van der Waals surface area contributed by atoms with Gasteiger partial charge in [-0.2, -0.15) is 9.97 Å². The Balaban J connectivity index is 1.32. The van der Waals surface area contributed by atoms with Crippen molar-refractivity contribution in [3.05, 3.63) is 95.0 Å². The Morgan fingerprint density at radius 1 is 1.10 bits per heavy atom. The van der Waals surface area contributed by atoms with Crippen molar-refractivity contribution < 1.29 is 18.9 Å². The zero-order valence-electron chi connectivity index (χ0n) is 23.2. The number of alkyl halides is 1. The van der Waals surface area contributed by atoms with E-state index in [4.69, 9.17) is 9.98 Å². The van der Waals surface area contributed by atoms with Crippen LogP contribution in [0.15, 0.2) is 77.7 Å². The number of allylic oxidation sites excluding steroid dienone is 4. The molecule has 0 spiro atoms. The number of aromatic nitrogens is 2. The van der Waals surface area contributed by atoms with Gasteiger partial charge in [0.2, 0.25) is 0 Å². The predicted molar refractivity (Wildman–Crippen MR) is 155 cm³/mol. The van der Waals surface area contributed by atoms with Gasteiger partial charge in [0.25, 0.3) is 5.91 Å². The molecule has 3 aliphatic rings. The molecule has 1 aliphatic carbocycles. The van der Waals surface area contributed by atoms with E-state index in [1.54, 1.807) is 6.20 Å². The first-order chi connectivity index (χ1) is 19.9. The van der Waals surface area contributed by atoms with Crippen LogP contribution in [0, 0.1) is 5.92 Å². The third-order valence-electron chi connectivity index (χ3n) is 8.01. The Bertz CT molecular complexity index is 1570. The molecule has 2 atom stereocenters. The Labute approximate surface area is 238 Å². The number of aliphatic imine (C=N–C) groups is 1. The maximum Gasteiger partial charge on any atom is 0.331 e. The summed E-state index contributed by atoms with van der Waals surface area (Å²) >= 11 is 0. The molecule has 1 amide bonds. The van der Waals surface area contributed by atoms with Crippen molar-refractivity contribution >= 4 is 23.3 Å². The number of halogens is 2. The fourth-order valence-electron chi connectivity index (χ4n) is 5.59. The van der Waals surface area contributed by atoms with E-state index in [1.165, 1.54) is 18.2 Å². The number of piperazine rings is 1. The molecule has 3 heterocycles. The van der Waals surface area contributed by atoms with E-state index in [9.17, 15) is 9.18 Å². The molecule has 7 nitrogen and oxygen atoms in total. The van der Waals surface area contributed by atoms with Crippen LogP contribution in [0.5, 0.6) is 0 Å². The van der Waals surface area contributed by atoms with Gasteiger partial charge in [0, 0.05) is 60.7 Å². The highest BCUT2D eigenvalue weighted by Crippen LogP contribution is 2.37. The first-order valence-electron chi connectivity index (χ1n) is 14.1. The summed E-state index contributed by atoms with van der Waals surface area (Å²) in [6.07, 6.45) is 5.09. The summed E-state index contributed by atoms with van der Waals surface area (Å²) in [5.74, 6) is -1.13. The molecule has 3 aromatic rings. The van der Waals surface area contributed by atoms with E-state index in [0.29, 0.717) is 41.6 Å². The lowest BCUT2D eigenvalue weighted by molar-refractivity contribution is -0.487. The van der Waals surface area contributed by atoms with Crippen molar-refractivity contribution in [3.63, 3.8) is 0 Å². The molecule has 2 unspecified atom stereocenters. The van der Waals surface area contributed by atoms with E-state index in [0.717, 1.165) is 41.9 Å². The topological polar surface area (TPSA) is 78.3 Å². The lowest BCUT2D eigenvalue weighted by Gasteiger charge is -2.32. The molecule has 0 radical (unpaired) electrons. The van der Waals surface area contributed by atoms with E-state index < -0.39 is 17.9 Å². The molecule has 0 saturated carbocycles. The molecular weight excluding hydrogens is 522 g/mol. The summed E-state index contributed by atoms with van der Waals surface area (Å²) in [7, 11) is 2.06. The number of nitrogens with zero attached hydrogens (tertiary/aromatic N) is 5. The Morgan fingerprint density at radius 2 is 1.93 bits per heavy atom. The fourth-order valence-corrected chi connectivity index (χ4v) is 5.59. The molecule has 41 heavy (non-hydrogen) atoms. The lowest BCUT2D eigenvalue weighted by atomic mass is 9.85. The molecule has 2 N–H and O–H groups in total. The van der Waals surface area contributed by atoms with Crippen LogP contribution in [0.2, 0.25) is 0 Å². The number of carbonyl (C=O) groups excluding carboxylic acids is 1. The highest BCUT2D eigenvalue weighted by atomic mass is 19.1. The van der Waals surface area contributed by atoms with Gasteiger partial charge in [0.05, 0.1) is 23.9 Å². The number of hydrogen-bond donors (Lipinski definition) is 1. The number of nitrogens with two attached hydrogens (primary N) is 1. The zero-order chi connectivity index (χ0) is 28.5. The Hall–Kier alpha value is -4.08. The average molecular weight is 556 g/mol. The van der Waals surface area contributed by atoms with Crippen LogP contribution in [-0.4, -0.2) is 70.8 Å². The number of aryl methyl sites for hydroxylation is 1. The number of carbonyl (C=O) groups is 1. The third-order valence-corrected chi connectivity index (χ3v) is 8.01. The molecule has 2 aromatic carbocycles. The van der Waals surface area contributed by atoms with Gasteiger partial charge >= 0.3 is 5.95 Å². The summed E-state index contributed by atoms with van der Waals surface area (Å²) in [6, 6.07) is 13.5. The number of rotatable bonds is 5. The molecular formula is C32H33F2N6O+. The largest absolute Gasteiger partial charge is 0.336 e. The van der Waals surface area contributed by atoms with Crippen molar-refractivity contribution in [1.82, 2.24) is 19.8 Å². The van der Waals surface area contributed by atoms with Gasteiger partial charge in [-0.15, -0.1) is 0 Å². The highest BCUT2D eigenvalue weighted by Gasteiger charge is 2.34. The number of benzene rings is 2. The van der Waals surface area contributed by atoms with Crippen molar-refractivity contribution in [2.75, 3.05) is 33.2 Å². The number of likely N-dealkylation sites (N-methyl/N-ethyl adjacent to an activating group) is 1. The van der Waals surface area contributed by atoms with Crippen LogP contribution in [0.4, 0.5) is 20.4 Å². The van der Waals surface area contributed by atoms with E-state index in [-0.39, 0.29) is 12.5 Å². The smallest absolute Gasteiger partial charge is 0.331 e. The van der Waals surface area contributed by atoms with Crippen LogP contribution in [0.1, 0.15) is 34.0 Å². The first kappa shape index (κ1) is 27.1. The highest BCUT2D eigenvalue weighted by molar-refractivity contribution is 6.09. The first-order valence-corrected chi connectivity index (χ1v) is 14.1. The predicted octanol–water partition coefficient (Wildman–Crippen LogP) is 4.30. The maximum atomic E-state index is 15.0. The van der Waals surface area contributed by atoms with Gasteiger partial charge in [-0.25, -0.2) is 14.1 Å². The molecule has 0 bridgehead atoms. The van der Waals surface area contributed by atoms with Gasteiger partial charge in [-0.1, -0.05) is 31.2 Å². The van der Waals surface area contributed by atoms with E-state index in [2.05, 4.69) is 16.9 Å². The Morgan fingerprint density at radius 3 is 2.71 bits per heavy atom. The minimum Gasteiger partial charge on any atom is -0.336 e. The molecule has 6 rings (SSSR count). The van der Waals surface area contributed by atoms with E-state index in [1.807, 2.05) is 59.6 Å². The third kappa shape index (κ3) is 5.47. The summed E-state index contributed by atoms with van der Waals surface area (Å²) in [4.78, 5) is 31.4. The second-order valence-electron chi connectivity index (χ2n) is 10.8. The van der Waals surface area contributed by atoms with Crippen molar-refractivity contribution in [2.24, 2.45) is 10.9 Å². The SMILES string of the molecule is CCc1ccc2c(c1)C(C1C(F)=CC=CC1F)=NCc1cnc([NH2+]c3cccc(C(=O)N4CCN(C)CC4)c3)nc1-2. The molecule has 2 aliphatic heterocycles. The monoisotopic (exact) mass is 555 g/mol. The van der Waals surface area contributed by atoms with Gasteiger partial charge in [-0.05, 0) is 49.4 Å². The molecule has 1 saturated heterocycles. The summed E-state index contributed by atoms with van der Waals surface area (Å²) in [5, 5.41) is 1.85. The number of amides is 1. The van der Waals surface area contributed by atoms with Gasteiger partial charge in [-0.3, -0.25) is 9.79 Å². The standard InChI is InChI=1S/C32H32F2N6O/c1-3-20-10-11-24-25(16-20)30(28-26(33)8-5-9-27(28)34)35-18-22-19-36-32(38-29(22)24)37-23-7-4-6-21(17-23)31(41)40-14-12-39(2)13-15-40/h4-11,16-17,19,26,28H,3,12-15,18H2,1-2H3,(H,36,37,38)/p+1. The second-order valence-corrected chi connectivity index (χ2v) is 10.8. The van der Waals surface area contributed by atoms with Crippen LogP contribution in [-0.2, 0) is 13.0 Å². The van der Waals surface area contributed by atoms with Gasteiger partial charge in [0.15, 0.2) is 0 Å². The fraction of sp³-hybridized carbons (Fsp3) is 0.312. The van der Waals surface area contributed by atoms with Crippen LogP contribution in [0.3, 0.4) is 0 Å². The van der Waals surface area contributed by atoms with E-state index >= 15 is 4.39 Å².